The summed E-state index contributed by atoms with van der Waals surface area (Å²) in [6.07, 6.45) is 5.04. The first-order valence-corrected chi connectivity index (χ1v) is 17.7. The summed E-state index contributed by atoms with van der Waals surface area (Å²) in [7, 11) is -4.19. The molecule has 10 heteroatoms. The number of halogens is 1. The topological polar surface area (TPSA) is 96.0 Å². The van der Waals surface area contributed by atoms with Gasteiger partial charge in [0.05, 0.1) is 10.6 Å². The monoisotopic (exact) mass is 673 g/mol. The van der Waals surface area contributed by atoms with E-state index in [0.29, 0.717) is 16.5 Å². The minimum absolute atomic E-state index is 0.0489. The molecule has 2 amide bonds. The molecule has 1 N–H and O–H groups in total. The molecule has 0 spiro atoms. The largest absolute Gasteiger partial charge is 0.457 e. The van der Waals surface area contributed by atoms with Crippen molar-refractivity contribution in [2.75, 3.05) is 10.8 Å². The van der Waals surface area contributed by atoms with Crippen molar-refractivity contribution in [1.82, 2.24) is 10.2 Å². The number of ether oxygens (including phenoxy) is 1. The third-order valence-electron chi connectivity index (χ3n) is 8.38. The number of carbonyl (C=O) groups is 2. The van der Waals surface area contributed by atoms with Gasteiger partial charge in [-0.3, -0.25) is 13.9 Å². The van der Waals surface area contributed by atoms with Crippen LogP contribution in [0.4, 0.5) is 5.69 Å². The number of benzene rings is 4. The Hall–Kier alpha value is -4.34. The van der Waals surface area contributed by atoms with E-state index in [9.17, 15) is 18.0 Å². The first-order chi connectivity index (χ1) is 22.6. The van der Waals surface area contributed by atoms with Crippen molar-refractivity contribution in [2.45, 2.75) is 69.5 Å². The standard InChI is InChI=1S/C37H40ClN3O5S/c1-27-13-23-35(24-14-27)47(44,45)41(32-19-21-34(22-20-32)46-33-11-7-4-8-12-33)26-36(42)40(25-29-15-17-30(38)18-16-29)28(2)37(43)39-31-9-5-3-6-10-31/h4,7-8,11-24,28,31H,3,5-6,9-10,25-26H2,1-2H3,(H,39,43). The average molecular weight is 674 g/mol. The van der Waals surface area contributed by atoms with Crippen molar-refractivity contribution in [3.63, 3.8) is 0 Å². The molecular formula is C37H40ClN3O5S. The van der Waals surface area contributed by atoms with Crippen molar-refractivity contribution in [1.29, 1.82) is 0 Å². The number of rotatable bonds is 12. The van der Waals surface area contributed by atoms with E-state index in [2.05, 4.69) is 5.32 Å². The van der Waals surface area contributed by atoms with Crippen LogP contribution in [-0.4, -0.2) is 43.8 Å². The average Bonchev–Trinajstić information content (AvgIpc) is 3.08. The number of para-hydroxylation sites is 1. The Morgan fingerprint density at radius 2 is 1.47 bits per heavy atom. The highest BCUT2D eigenvalue weighted by molar-refractivity contribution is 7.92. The van der Waals surface area contributed by atoms with Crippen molar-refractivity contribution in [3.05, 3.63) is 119 Å². The smallest absolute Gasteiger partial charge is 0.264 e. The predicted octanol–water partition coefficient (Wildman–Crippen LogP) is 7.50. The number of anilines is 1. The van der Waals surface area contributed by atoms with Crippen LogP contribution in [0.15, 0.2) is 108 Å². The fourth-order valence-electron chi connectivity index (χ4n) is 5.61. The van der Waals surface area contributed by atoms with E-state index in [4.69, 9.17) is 16.3 Å². The fourth-order valence-corrected chi connectivity index (χ4v) is 7.15. The summed E-state index contributed by atoms with van der Waals surface area (Å²) in [4.78, 5) is 29.3. The Kier molecular flexibility index (Phi) is 11.2. The second kappa shape index (κ2) is 15.5. The van der Waals surface area contributed by atoms with Gasteiger partial charge >= 0.3 is 0 Å². The lowest BCUT2D eigenvalue weighted by molar-refractivity contribution is -0.139. The van der Waals surface area contributed by atoms with Crippen LogP contribution in [0.1, 0.15) is 50.2 Å². The van der Waals surface area contributed by atoms with Crippen LogP contribution in [0.25, 0.3) is 0 Å². The second-order valence-electron chi connectivity index (χ2n) is 11.9. The molecule has 47 heavy (non-hydrogen) atoms. The maximum Gasteiger partial charge on any atom is 0.264 e. The Bertz CT molecular complexity index is 1740. The lowest BCUT2D eigenvalue weighted by atomic mass is 9.95. The van der Waals surface area contributed by atoms with E-state index in [0.717, 1.165) is 47.5 Å². The highest BCUT2D eigenvalue weighted by atomic mass is 35.5. The molecule has 1 saturated carbocycles. The first-order valence-electron chi connectivity index (χ1n) is 15.9. The van der Waals surface area contributed by atoms with Gasteiger partial charge in [0.15, 0.2) is 0 Å². The van der Waals surface area contributed by atoms with Gasteiger partial charge in [-0.2, -0.15) is 0 Å². The van der Waals surface area contributed by atoms with Crippen molar-refractivity contribution in [2.24, 2.45) is 0 Å². The van der Waals surface area contributed by atoms with Gasteiger partial charge in [-0.05, 0) is 92.9 Å². The van der Waals surface area contributed by atoms with E-state index in [1.165, 1.54) is 17.0 Å². The van der Waals surface area contributed by atoms with Crippen LogP contribution in [0.5, 0.6) is 11.5 Å². The summed E-state index contributed by atoms with van der Waals surface area (Å²) in [6, 6.07) is 28.5. The summed E-state index contributed by atoms with van der Waals surface area (Å²) in [5.74, 6) is 0.357. The Morgan fingerprint density at radius 3 is 2.11 bits per heavy atom. The highest BCUT2D eigenvalue weighted by Crippen LogP contribution is 2.29. The third kappa shape index (κ3) is 8.93. The van der Waals surface area contributed by atoms with Gasteiger partial charge in [-0.1, -0.05) is 78.9 Å². The quantitative estimate of drug-likeness (QED) is 0.168. The second-order valence-corrected chi connectivity index (χ2v) is 14.2. The van der Waals surface area contributed by atoms with Crippen LogP contribution >= 0.6 is 11.6 Å². The molecule has 4 aromatic rings. The minimum Gasteiger partial charge on any atom is -0.457 e. The predicted molar refractivity (Wildman–Crippen MR) is 185 cm³/mol. The Labute approximate surface area is 282 Å². The van der Waals surface area contributed by atoms with E-state index in [-0.39, 0.29) is 29.1 Å². The van der Waals surface area contributed by atoms with Gasteiger partial charge in [-0.15, -0.1) is 0 Å². The molecule has 5 rings (SSSR count). The molecule has 8 nitrogen and oxygen atoms in total. The minimum atomic E-state index is -4.19. The molecule has 0 saturated heterocycles. The molecule has 0 aromatic heterocycles. The van der Waals surface area contributed by atoms with E-state index in [1.807, 2.05) is 37.3 Å². The van der Waals surface area contributed by atoms with E-state index in [1.54, 1.807) is 67.6 Å². The van der Waals surface area contributed by atoms with Gasteiger partial charge in [-0.25, -0.2) is 8.42 Å². The summed E-state index contributed by atoms with van der Waals surface area (Å²) in [5.41, 5.74) is 1.95. The molecule has 1 fully saturated rings. The molecule has 1 atom stereocenters. The molecule has 0 aliphatic heterocycles. The van der Waals surface area contributed by atoms with E-state index >= 15 is 0 Å². The maximum atomic E-state index is 14.3. The van der Waals surface area contributed by atoms with E-state index < -0.39 is 28.5 Å². The Balaban J connectivity index is 1.46. The van der Waals surface area contributed by atoms with Gasteiger partial charge in [0.2, 0.25) is 11.8 Å². The van der Waals surface area contributed by atoms with Gasteiger partial charge in [0.25, 0.3) is 10.0 Å². The maximum absolute atomic E-state index is 14.3. The van der Waals surface area contributed by atoms with Gasteiger partial charge in [0, 0.05) is 17.6 Å². The zero-order chi connectivity index (χ0) is 33.4. The number of carbonyl (C=O) groups excluding carboxylic acids is 2. The molecule has 1 aliphatic carbocycles. The van der Waals surface area contributed by atoms with Crippen LogP contribution in [-0.2, 0) is 26.2 Å². The number of nitrogens with one attached hydrogen (secondary N) is 1. The molecule has 4 aromatic carbocycles. The number of sulfonamides is 1. The lowest BCUT2D eigenvalue weighted by Gasteiger charge is -2.33. The molecule has 0 heterocycles. The zero-order valence-electron chi connectivity index (χ0n) is 26.6. The normalized spacial score (nSPS) is 14.2. The van der Waals surface area contributed by atoms with Crippen LogP contribution < -0.4 is 14.4 Å². The lowest BCUT2D eigenvalue weighted by Crippen LogP contribution is -2.53. The molecule has 1 unspecified atom stereocenters. The molecule has 0 bridgehead atoms. The molecule has 246 valence electrons. The number of nitrogens with zero attached hydrogens (tertiary/aromatic N) is 2. The fraction of sp³-hybridized carbons (Fsp3) is 0.297. The Morgan fingerprint density at radius 1 is 0.851 bits per heavy atom. The van der Waals surface area contributed by atoms with Crippen molar-refractivity contribution in [3.8, 4) is 11.5 Å². The number of amides is 2. The summed E-state index contributed by atoms with van der Waals surface area (Å²) in [6.45, 7) is 3.12. The third-order valence-corrected chi connectivity index (χ3v) is 10.4. The summed E-state index contributed by atoms with van der Waals surface area (Å²) < 4.78 is 35.3. The van der Waals surface area contributed by atoms with Crippen LogP contribution in [0.3, 0.4) is 0 Å². The highest BCUT2D eigenvalue weighted by Gasteiger charge is 2.33. The molecule has 0 radical (unpaired) electrons. The number of aryl methyl sites for hydroxylation is 1. The number of hydrogen-bond acceptors (Lipinski definition) is 5. The van der Waals surface area contributed by atoms with Crippen molar-refractivity contribution < 1.29 is 22.7 Å². The zero-order valence-corrected chi connectivity index (χ0v) is 28.2. The molecule has 1 aliphatic rings. The molecular weight excluding hydrogens is 634 g/mol. The number of hydrogen-bond donors (Lipinski definition) is 1. The van der Waals surface area contributed by atoms with Crippen LogP contribution in [0.2, 0.25) is 5.02 Å². The summed E-state index contributed by atoms with van der Waals surface area (Å²) in [5, 5.41) is 3.67. The SMILES string of the molecule is Cc1ccc(S(=O)(=O)N(CC(=O)N(Cc2ccc(Cl)cc2)C(C)C(=O)NC2CCCCC2)c2ccc(Oc3ccccc3)cc2)cc1. The van der Waals surface area contributed by atoms with Gasteiger partial charge < -0.3 is 15.0 Å². The first kappa shape index (κ1) is 34.0. The summed E-state index contributed by atoms with van der Waals surface area (Å²) >= 11 is 6.12. The van der Waals surface area contributed by atoms with Crippen LogP contribution in [0, 0.1) is 6.92 Å². The van der Waals surface area contributed by atoms with Gasteiger partial charge in [0.1, 0.15) is 24.1 Å². The van der Waals surface area contributed by atoms with Crippen molar-refractivity contribution >= 4 is 39.1 Å².